The second-order valence-corrected chi connectivity index (χ2v) is 7.58. The van der Waals surface area contributed by atoms with Crippen LogP contribution in [0.15, 0.2) is 30.5 Å². The Morgan fingerprint density at radius 1 is 1.24 bits per heavy atom. The van der Waals surface area contributed by atoms with Crippen molar-refractivity contribution in [3.8, 4) is 10.6 Å². The predicted molar refractivity (Wildman–Crippen MR) is 114 cm³/mol. The van der Waals surface area contributed by atoms with E-state index < -0.39 is 5.91 Å². The molecule has 0 radical (unpaired) electrons. The zero-order valence-corrected chi connectivity index (χ0v) is 16.7. The van der Waals surface area contributed by atoms with Gasteiger partial charge in [-0.15, -0.1) is 0 Å². The van der Waals surface area contributed by atoms with Gasteiger partial charge in [0, 0.05) is 30.7 Å². The van der Waals surface area contributed by atoms with Crippen LogP contribution in [0.5, 0.6) is 0 Å². The highest BCUT2D eigenvalue weighted by atomic mass is 32.1. The number of hydrogen-bond acceptors (Lipinski definition) is 9. The number of hydrogen-bond donors (Lipinski definition) is 3. The van der Waals surface area contributed by atoms with Crippen molar-refractivity contribution in [3.05, 3.63) is 41.7 Å². The first-order valence-corrected chi connectivity index (χ1v) is 9.93. The molecule has 4 rings (SSSR count). The van der Waals surface area contributed by atoms with Gasteiger partial charge in [-0.1, -0.05) is 11.3 Å². The maximum Gasteiger partial charge on any atom is 0.250 e. The van der Waals surface area contributed by atoms with E-state index in [1.807, 2.05) is 25.1 Å². The first-order chi connectivity index (χ1) is 14.0. The van der Waals surface area contributed by atoms with Gasteiger partial charge in [0.2, 0.25) is 5.95 Å². The number of aryl methyl sites for hydroxylation is 1. The van der Waals surface area contributed by atoms with E-state index in [0.717, 1.165) is 35.0 Å². The molecule has 0 atom stereocenters. The monoisotopic (exact) mass is 411 g/mol. The minimum absolute atomic E-state index is 0.406. The number of ether oxygens (including phenoxy) is 1. The zero-order chi connectivity index (χ0) is 20.4. The summed E-state index contributed by atoms with van der Waals surface area (Å²) in [6.45, 7) is 4.58. The van der Waals surface area contributed by atoms with E-state index in [9.17, 15) is 4.79 Å². The molecule has 1 saturated heterocycles. The smallest absolute Gasteiger partial charge is 0.250 e. The van der Waals surface area contributed by atoms with Gasteiger partial charge in [0.05, 0.1) is 35.0 Å². The minimum Gasteiger partial charge on any atom is -0.378 e. The standard InChI is InChI=1S/C19H21N7O2S/c1-11-16(29-18(21)23-11)14-4-5-22-19(25-14)24-12-2-3-15(13(10-12)17(20)27)26-6-8-28-9-7-26/h2-5,10H,6-9H2,1H3,(H2,20,27)(H2,21,23)(H,22,24,25). The number of amides is 1. The van der Waals surface area contributed by atoms with Crippen molar-refractivity contribution in [3.63, 3.8) is 0 Å². The number of nitrogens with one attached hydrogen (secondary N) is 1. The molecule has 0 saturated carbocycles. The van der Waals surface area contributed by atoms with Crippen LogP contribution < -0.4 is 21.7 Å². The molecule has 1 amide bonds. The van der Waals surface area contributed by atoms with Crippen LogP contribution in [0.4, 0.5) is 22.5 Å². The third-order valence-corrected chi connectivity index (χ3v) is 5.58. The van der Waals surface area contributed by atoms with Gasteiger partial charge in [0.25, 0.3) is 5.91 Å². The van der Waals surface area contributed by atoms with Gasteiger partial charge in [-0.25, -0.2) is 15.0 Å². The molecule has 0 bridgehead atoms. The van der Waals surface area contributed by atoms with Crippen LogP contribution in [-0.4, -0.2) is 47.2 Å². The quantitative estimate of drug-likeness (QED) is 0.582. The molecular weight excluding hydrogens is 390 g/mol. The molecule has 1 fully saturated rings. The van der Waals surface area contributed by atoms with E-state index in [4.69, 9.17) is 16.2 Å². The number of benzene rings is 1. The summed E-state index contributed by atoms with van der Waals surface area (Å²) in [4.78, 5) is 28.1. The Morgan fingerprint density at radius 3 is 2.72 bits per heavy atom. The normalized spacial score (nSPS) is 14.0. The molecule has 0 spiro atoms. The highest BCUT2D eigenvalue weighted by Crippen LogP contribution is 2.31. The molecule has 0 aliphatic carbocycles. The fourth-order valence-electron chi connectivity index (χ4n) is 3.22. The summed E-state index contributed by atoms with van der Waals surface area (Å²) in [7, 11) is 0. The molecule has 2 aromatic heterocycles. The highest BCUT2D eigenvalue weighted by molar-refractivity contribution is 7.18. The molecule has 1 aliphatic rings. The Morgan fingerprint density at radius 2 is 2.03 bits per heavy atom. The first-order valence-electron chi connectivity index (χ1n) is 9.11. The number of primary amides is 1. The Balaban J connectivity index is 1.61. The topological polar surface area (TPSA) is 132 Å². The number of carbonyl (C=O) groups excluding carboxylic acids is 1. The van der Waals surface area contributed by atoms with Crippen molar-refractivity contribution < 1.29 is 9.53 Å². The average Bonchev–Trinajstić information content (AvgIpc) is 3.07. The van der Waals surface area contributed by atoms with Crippen molar-refractivity contribution in [1.29, 1.82) is 0 Å². The Hall–Kier alpha value is -3.24. The second kappa shape index (κ2) is 8.02. The average molecular weight is 411 g/mol. The molecule has 0 unspecified atom stereocenters. The minimum atomic E-state index is -0.486. The Labute approximate surface area is 171 Å². The number of rotatable bonds is 5. The van der Waals surface area contributed by atoms with Crippen LogP contribution >= 0.6 is 11.3 Å². The van der Waals surface area contributed by atoms with Crippen LogP contribution in [-0.2, 0) is 4.74 Å². The van der Waals surface area contributed by atoms with E-state index >= 15 is 0 Å². The molecule has 1 aromatic carbocycles. The van der Waals surface area contributed by atoms with Gasteiger partial charge in [0.1, 0.15) is 0 Å². The predicted octanol–water partition coefficient (Wildman–Crippen LogP) is 2.17. The number of nitrogens with zero attached hydrogens (tertiary/aromatic N) is 4. The van der Waals surface area contributed by atoms with Crippen molar-refractivity contribution in [2.45, 2.75) is 6.92 Å². The van der Waals surface area contributed by atoms with Gasteiger partial charge >= 0.3 is 0 Å². The van der Waals surface area contributed by atoms with Crippen molar-refractivity contribution in [1.82, 2.24) is 15.0 Å². The largest absolute Gasteiger partial charge is 0.378 e. The van der Waals surface area contributed by atoms with Gasteiger partial charge in [-0.3, -0.25) is 4.79 Å². The number of anilines is 4. The van der Waals surface area contributed by atoms with Gasteiger partial charge in [-0.2, -0.15) is 0 Å². The molecule has 3 heterocycles. The summed E-state index contributed by atoms with van der Waals surface area (Å²) in [5.74, 6) is -0.0796. The summed E-state index contributed by atoms with van der Waals surface area (Å²) >= 11 is 1.38. The lowest BCUT2D eigenvalue weighted by Gasteiger charge is -2.30. The molecule has 9 nitrogen and oxygen atoms in total. The van der Waals surface area contributed by atoms with E-state index in [2.05, 4.69) is 25.2 Å². The number of nitrogen functional groups attached to an aromatic ring is 1. The van der Waals surface area contributed by atoms with Gasteiger partial charge in [0.15, 0.2) is 5.13 Å². The Bertz CT molecular complexity index is 1050. The molecule has 150 valence electrons. The van der Waals surface area contributed by atoms with Crippen molar-refractivity contribution in [2.75, 3.05) is 42.3 Å². The van der Waals surface area contributed by atoms with Crippen LogP contribution in [0.2, 0.25) is 0 Å². The van der Waals surface area contributed by atoms with Crippen LogP contribution in [0, 0.1) is 6.92 Å². The number of nitrogens with two attached hydrogens (primary N) is 2. The second-order valence-electron chi connectivity index (χ2n) is 6.55. The van der Waals surface area contributed by atoms with E-state index in [1.54, 1.807) is 12.3 Å². The first kappa shape index (κ1) is 19.1. The lowest BCUT2D eigenvalue weighted by Crippen LogP contribution is -2.37. The molecular formula is C19H21N7O2S. The molecule has 10 heteroatoms. The Kier molecular flexibility index (Phi) is 5.28. The highest BCUT2D eigenvalue weighted by Gasteiger charge is 2.18. The van der Waals surface area contributed by atoms with Gasteiger partial charge < -0.3 is 26.4 Å². The lowest BCUT2D eigenvalue weighted by molar-refractivity contribution is 0.0998. The maximum absolute atomic E-state index is 12.0. The summed E-state index contributed by atoms with van der Waals surface area (Å²) < 4.78 is 5.38. The van der Waals surface area contributed by atoms with Crippen molar-refractivity contribution >= 4 is 39.7 Å². The van der Waals surface area contributed by atoms with E-state index in [0.29, 0.717) is 35.5 Å². The maximum atomic E-state index is 12.0. The molecule has 1 aliphatic heterocycles. The summed E-state index contributed by atoms with van der Waals surface area (Å²) in [5, 5.41) is 3.64. The fourth-order valence-corrected chi connectivity index (χ4v) is 4.02. The van der Waals surface area contributed by atoms with Crippen LogP contribution in [0.1, 0.15) is 16.1 Å². The number of carbonyl (C=O) groups is 1. The third kappa shape index (κ3) is 4.13. The molecule has 5 N–H and O–H groups in total. The lowest BCUT2D eigenvalue weighted by atomic mass is 10.1. The van der Waals surface area contributed by atoms with Gasteiger partial charge in [-0.05, 0) is 31.2 Å². The summed E-state index contributed by atoms with van der Waals surface area (Å²) in [5.41, 5.74) is 14.9. The van der Waals surface area contributed by atoms with Crippen molar-refractivity contribution in [2.24, 2.45) is 5.73 Å². The van der Waals surface area contributed by atoms with Crippen LogP contribution in [0.25, 0.3) is 10.6 Å². The van der Waals surface area contributed by atoms with E-state index in [1.165, 1.54) is 11.3 Å². The fraction of sp³-hybridized carbons (Fsp3) is 0.263. The number of morpholine rings is 1. The molecule has 29 heavy (non-hydrogen) atoms. The number of thiazole rings is 1. The zero-order valence-electron chi connectivity index (χ0n) is 15.9. The number of aromatic nitrogens is 3. The SMILES string of the molecule is Cc1nc(N)sc1-c1ccnc(Nc2ccc(N3CCOCC3)c(C(N)=O)c2)n1. The summed E-state index contributed by atoms with van der Waals surface area (Å²) in [6.07, 6.45) is 1.66. The van der Waals surface area contributed by atoms with E-state index in [-0.39, 0.29) is 0 Å². The third-order valence-electron chi connectivity index (χ3n) is 4.57. The molecule has 3 aromatic rings. The summed E-state index contributed by atoms with van der Waals surface area (Å²) in [6, 6.07) is 7.29. The van der Waals surface area contributed by atoms with Crippen LogP contribution in [0.3, 0.4) is 0 Å².